The number of hydrogen-bond donors (Lipinski definition) is 0. The summed E-state index contributed by atoms with van der Waals surface area (Å²) < 4.78 is 9.98. The van der Waals surface area contributed by atoms with E-state index in [1.165, 1.54) is 14.0 Å². The molecule has 0 radical (unpaired) electrons. The molecule has 0 saturated heterocycles. The van der Waals surface area contributed by atoms with Crippen LogP contribution in [0.4, 0.5) is 0 Å². The van der Waals surface area contributed by atoms with Crippen LogP contribution in [0.1, 0.15) is 24.5 Å². The van der Waals surface area contributed by atoms with E-state index in [4.69, 9.17) is 9.47 Å². The number of esters is 1. The summed E-state index contributed by atoms with van der Waals surface area (Å²) in [6.45, 7) is 1.44. The molecule has 1 atom stereocenters. The minimum atomic E-state index is -1.13. The van der Waals surface area contributed by atoms with Gasteiger partial charge in [-0.25, -0.2) is 0 Å². The van der Waals surface area contributed by atoms with Crippen molar-refractivity contribution < 1.29 is 19.1 Å². The molecule has 0 aliphatic heterocycles. The fourth-order valence-electron chi connectivity index (χ4n) is 2.67. The summed E-state index contributed by atoms with van der Waals surface area (Å²) in [5.41, 5.74) is 0.605. The van der Waals surface area contributed by atoms with Gasteiger partial charge in [0.2, 0.25) is 0 Å². The van der Waals surface area contributed by atoms with E-state index in [-0.39, 0.29) is 5.78 Å². The molecule has 1 aliphatic carbocycles. The van der Waals surface area contributed by atoms with E-state index in [9.17, 15) is 9.59 Å². The van der Waals surface area contributed by atoms with E-state index >= 15 is 0 Å². The molecule has 0 amide bonds. The first-order valence-electron chi connectivity index (χ1n) is 5.83. The summed E-state index contributed by atoms with van der Waals surface area (Å²) in [7, 11) is 2.91. The molecule has 0 heterocycles. The molecule has 2 rings (SSSR count). The molecule has 1 aromatic carbocycles. The van der Waals surface area contributed by atoms with E-state index in [1.807, 2.05) is 6.07 Å². The largest absolute Gasteiger partial charge is 0.497 e. The van der Waals surface area contributed by atoms with Gasteiger partial charge in [0.15, 0.2) is 11.2 Å². The molecule has 0 bridgehead atoms. The third-order valence-corrected chi connectivity index (χ3v) is 3.68. The van der Waals surface area contributed by atoms with Crippen LogP contribution in [0.5, 0.6) is 5.75 Å². The highest BCUT2D eigenvalue weighted by Gasteiger charge is 2.50. The standard InChI is InChI=1S/C14H16O4/c1-9(15)14(13(16)18-3)7-6-10-8-11(17-2)4-5-12(10)14/h4-5,8H,6-7H2,1-3H3. The molecule has 4 heteroatoms. The number of Topliss-reactive ketones (excluding diaryl/α,β-unsaturated/α-hetero) is 1. The average Bonchev–Trinajstić information content (AvgIpc) is 2.77. The highest BCUT2D eigenvalue weighted by atomic mass is 16.5. The van der Waals surface area contributed by atoms with Gasteiger partial charge in [-0.1, -0.05) is 6.07 Å². The maximum absolute atomic E-state index is 12.0. The quantitative estimate of drug-likeness (QED) is 0.602. The average molecular weight is 248 g/mol. The maximum atomic E-state index is 12.0. The predicted molar refractivity (Wildman–Crippen MR) is 65.7 cm³/mol. The minimum absolute atomic E-state index is 0.168. The van der Waals surface area contributed by atoms with Crippen molar-refractivity contribution >= 4 is 11.8 Å². The molecule has 0 saturated carbocycles. The van der Waals surface area contributed by atoms with E-state index in [1.54, 1.807) is 19.2 Å². The lowest BCUT2D eigenvalue weighted by atomic mass is 9.78. The zero-order valence-electron chi connectivity index (χ0n) is 10.8. The lowest BCUT2D eigenvalue weighted by molar-refractivity contribution is -0.151. The van der Waals surface area contributed by atoms with Crippen molar-refractivity contribution in [2.45, 2.75) is 25.2 Å². The summed E-state index contributed by atoms with van der Waals surface area (Å²) in [4.78, 5) is 24.0. The Balaban J connectivity index is 2.57. The molecule has 0 aromatic heterocycles. The van der Waals surface area contributed by atoms with Crippen LogP contribution in [-0.2, 0) is 26.2 Å². The topological polar surface area (TPSA) is 52.6 Å². The molecular formula is C14H16O4. The number of hydrogen-bond acceptors (Lipinski definition) is 4. The Hall–Kier alpha value is -1.84. The SMILES string of the molecule is COC(=O)C1(C(C)=O)CCc2cc(OC)ccc21. The number of methoxy groups -OCH3 is 2. The van der Waals surface area contributed by atoms with Crippen LogP contribution < -0.4 is 4.74 Å². The van der Waals surface area contributed by atoms with Crippen LogP contribution in [0.3, 0.4) is 0 Å². The zero-order chi connectivity index (χ0) is 13.3. The summed E-state index contributed by atoms with van der Waals surface area (Å²) in [6, 6.07) is 5.44. The molecule has 18 heavy (non-hydrogen) atoms. The van der Waals surface area contributed by atoms with Crippen molar-refractivity contribution in [3.05, 3.63) is 29.3 Å². The van der Waals surface area contributed by atoms with E-state index < -0.39 is 11.4 Å². The van der Waals surface area contributed by atoms with Crippen LogP contribution in [-0.4, -0.2) is 26.0 Å². The predicted octanol–water partition coefficient (Wildman–Crippen LogP) is 1.64. The third-order valence-electron chi connectivity index (χ3n) is 3.68. The van der Waals surface area contributed by atoms with Crippen molar-refractivity contribution in [1.82, 2.24) is 0 Å². The van der Waals surface area contributed by atoms with Gasteiger partial charge in [-0.3, -0.25) is 9.59 Å². The van der Waals surface area contributed by atoms with Gasteiger partial charge in [0.1, 0.15) is 5.75 Å². The number of rotatable bonds is 3. The van der Waals surface area contributed by atoms with Crippen LogP contribution in [0, 0.1) is 0 Å². The first-order valence-corrected chi connectivity index (χ1v) is 5.83. The monoisotopic (exact) mass is 248 g/mol. The van der Waals surface area contributed by atoms with Gasteiger partial charge in [0.25, 0.3) is 0 Å². The lowest BCUT2D eigenvalue weighted by Crippen LogP contribution is -2.41. The second-order valence-corrected chi connectivity index (χ2v) is 4.48. The fourth-order valence-corrected chi connectivity index (χ4v) is 2.67. The third kappa shape index (κ3) is 1.60. The molecule has 1 aliphatic rings. The molecule has 1 aromatic rings. The smallest absolute Gasteiger partial charge is 0.323 e. The number of ether oxygens (including phenoxy) is 2. The highest BCUT2D eigenvalue weighted by molar-refractivity contribution is 6.09. The molecule has 0 fully saturated rings. The van der Waals surface area contributed by atoms with Gasteiger partial charge in [-0.15, -0.1) is 0 Å². The van der Waals surface area contributed by atoms with Crippen molar-refractivity contribution in [2.75, 3.05) is 14.2 Å². The summed E-state index contributed by atoms with van der Waals surface area (Å²) in [5.74, 6) is 0.0927. The molecule has 96 valence electrons. The number of carbonyl (C=O) groups is 2. The highest BCUT2D eigenvalue weighted by Crippen LogP contribution is 2.42. The van der Waals surface area contributed by atoms with Gasteiger partial charge in [-0.2, -0.15) is 0 Å². The van der Waals surface area contributed by atoms with Crippen LogP contribution in [0.25, 0.3) is 0 Å². The number of ketones is 1. The zero-order valence-corrected chi connectivity index (χ0v) is 10.8. The van der Waals surface area contributed by atoms with Gasteiger partial charge < -0.3 is 9.47 Å². The second kappa shape index (κ2) is 4.44. The molecule has 0 N–H and O–H groups in total. The number of benzene rings is 1. The summed E-state index contributed by atoms with van der Waals surface area (Å²) in [5, 5.41) is 0. The first kappa shape index (κ1) is 12.6. The van der Waals surface area contributed by atoms with Crippen LogP contribution in [0.15, 0.2) is 18.2 Å². The van der Waals surface area contributed by atoms with Crippen LogP contribution in [0.2, 0.25) is 0 Å². The molecule has 4 nitrogen and oxygen atoms in total. The number of carbonyl (C=O) groups excluding carboxylic acids is 2. The normalized spacial score (nSPS) is 21.3. The van der Waals surface area contributed by atoms with E-state index in [2.05, 4.69) is 0 Å². The van der Waals surface area contributed by atoms with E-state index in [0.717, 1.165) is 16.9 Å². The Kier molecular flexibility index (Phi) is 3.11. The van der Waals surface area contributed by atoms with Crippen molar-refractivity contribution in [3.8, 4) is 5.75 Å². The Morgan fingerprint density at radius 3 is 2.56 bits per heavy atom. The van der Waals surface area contributed by atoms with Gasteiger partial charge in [0.05, 0.1) is 14.2 Å². The lowest BCUT2D eigenvalue weighted by Gasteiger charge is -2.24. The Labute approximate surface area is 106 Å². The maximum Gasteiger partial charge on any atom is 0.323 e. The minimum Gasteiger partial charge on any atom is -0.497 e. The Bertz CT molecular complexity index is 507. The molecule has 1 unspecified atom stereocenters. The fraction of sp³-hybridized carbons (Fsp3) is 0.429. The Morgan fingerprint density at radius 1 is 1.28 bits per heavy atom. The van der Waals surface area contributed by atoms with Gasteiger partial charge in [-0.05, 0) is 43.0 Å². The summed E-state index contributed by atoms with van der Waals surface area (Å²) in [6.07, 6.45) is 1.15. The first-order chi connectivity index (χ1) is 8.56. The second-order valence-electron chi connectivity index (χ2n) is 4.48. The Morgan fingerprint density at radius 2 is 2.00 bits per heavy atom. The number of aryl methyl sites for hydroxylation is 1. The van der Waals surface area contributed by atoms with Gasteiger partial charge >= 0.3 is 5.97 Å². The molecule has 0 spiro atoms. The van der Waals surface area contributed by atoms with Crippen molar-refractivity contribution in [2.24, 2.45) is 0 Å². The van der Waals surface area contributed by atoms with Crippen molar-refractivity contribution in [1.29, 1.82) is 0 Å². The van der Waals surface area contributed by atoms with E-state index in [0.29, 0.717) is 12.8 Å². The summed E-state index contributed by atoms with van der Waals surface area (Å²) >= 11 is 0. The van der Waals surface area contributed by atoms with Crippen LogP contribution >= 0.6 is 0 Å². The van der Waals surface area contributed by atoms with Gasteiger partial charge in [0, 0.05) is 0 Å². The number of fused-ring (bicyclic) bond motifs is 1. The van der Waals surface area contributed by atoms with Crippen molar-refractivity contribution in [3.63, 3.8) is 0 Å². The molecular weight excluding hydrogens is 232 g/mol.